The minimum atomic E-state index is -5.07. The first kappa shape index (κ1) is 26.3. The maximum atomic E-state index is 12.7. The lowest BCUT2D eigenvalue weighted by atomic mass is 10.1. The summed E-state index contributed by atoms with van der Waals surface area (Å²) in [5, 5.41) is 0.688. The van der Waals surface area contributed by atoms with Crippen LogP contribution in [0.5, 0.6) is 17.2 Å². The molecular formula is C31H22ClFO5S. The second-order valence-corrected chi connectivity index (χ2v) is 9.92. The van der Waals surface area contributed by atoms with Crippen molar-refractivity contribution in [1.82, 2.24) is 0 Å². The fourth-order valence-corrected chi connectivity index (χ4v) is 4.40. The van der Waals surface area contributed by atoms with Gasteiger partial charge in [0.2, 0.25) is 0 Å². The molecule has 0 fully saturated rings. The molecule has 5 nitrogen and oxygen atoms in total. The molecule has 0 amide bonds. The lowest BCUT2D eigenvalue weighted by Crippen LogP contribution is -2.15. The Balaban J connectivity index is 1.31. The standard InChI is InChI=1S/C31H22ClFO5S/c32-27-14-6-22(7-15-27)23-8-16-28(17-9-23)36-31(26-4-2-1-3-5-26)37-29-18-10-24(11-19-29)25-12-20-30(21-13-25)38-39(33,34)35/h1-21,31H. The molecule has 0 bridgehead atoms. The highest BCUT2D eigenvalue weighted by atomic mass is 35.5. The Bertz CT molecular complexity index is 1620. The highest BCUT2D eigenvalue weighted by Gasteiger charge is 2.16. The predicted octanol–water partition coefficient (Wildman–Crippen LogP) is 8.42. The summed E-state index contributed by atoms with van der Waals surface area (Å²) < 4.78 is 50.8. The summed E-state index contributed by atoms with van der Waals surface area (Å²) in [6, 6.07) is 38.4. The Morgan fingerprint density at radius 2 is 0.923 bits per heavy atom. The average molecular weight is 561 g/mol. The van der Waals surface area contributed by atoms with Crippen molar-refractivity contribution in [2.24, 2.45) is 0 Å². The van der Waals surface area contributed by atoms with Gasteiger partial charge < -0.3 is 13.7 Å². The van der Waals surface area contributed by atoms with Crippen LogP contribution >= 0.6 is 11.6 Å². The lowest BCUT2D eigenvalue weighted by molar-refractivity contribution is 0.00383. The number of benzene rings is 5. The smallest absolute Gasteiger partial charge is 0.451 e. The summed E-state index contributed by atoms with van der Waals surface area (Å²) in [5.74, 6) is 1.13. The second-order valence-electron chi connectivity index (χ2n) is 8.53. The van der Waals surface area contributed by atoms with Crippen molar-refractivity contribution < 1.29 is 26.0 Å². The van der Waals surface area contributed by atoms with Crippen molar-refractivity contribution in [3.8, 4) is 39.5 Å². The monoisotopic (exact) mass is 560 g/mol. The van der Waals surface area contributed by atoms with Crippen molar-refractivity contribution in [3.63, 3.8) is 0 Å². The second kappa shape index (κ2) is 11.6. The van der Waals surface area contributed by atoms with Gasteiger partial charge in [0, 0.05) is 10.6 Å². The summed E-state index contributed by atoms with van der Waals surface area (Å²) >= 11 is 6.00. The van der Waals surface area contributed by atoms with Crippen LogP contribution in [0.4, 0.5) is 3.89 Å². The third-order valence-corrected chi connectivity index (χ3v) is 6.47. The van der Waals surface area contributed by atoms with Gasteiger partial charge in [0.25, 0.3) is 6.29 Å². The Hall–Kier alpha value is -4.33. The van der Waals surface area contributed by atoms with Crippen LogP contribution in [0, 0.1) is 0 Å². The van der Waals surface area contributed by atoms with E-state index in [2.05, 4.69) is 4.18 Å². The van der Waals surface area contributed by atoms with E-state index >= 15 is 0 Å². The summed E-state index contributed by atoms with van der Waals surface area (Å²) in [6.07, 6.45) is -0.697. The molecule has 39 heavy (non-hydrogen) atoms. The zero-order valence-electron chi connectivity index (χ0n) is 20.4. The van der Waals surface area contributed by atoms with E-state index in [0.29, 0.717) is 16.5 Å². The van der Waals surface area contributed by atoms with Gasteiger partial charge >= 0.3 is 10.5 Å². The summed E-state index contributed by atoms with van der Waals surface area (Å²) in [4.78, 5) is 0. The first-order valence-corrected chi connectivity index (χ1v) is 13.6. The van der Waals surface area contributed by atoms with E-state index in [1.807, 2.05) is 103 Å². The van der Waals surface area contributed by atoms with Crippen molar-refractivity contribution in [2.45, 2.75) is 6.29 Å². The van der Waals surface area contributed by atoms with Gasteiger partial charge in [-0.05, 0) is 70.8 Å². The van der Waals surface area contributed by atoms with Gasteiger partial charge in [-0.1, -0.05) is 94.3 Å². The van der Waals surface area contributed by atoms with Crippen molar-refractivity contribution in [1.29, 1.82) is 0 Å². The third-order valence-electron chi connectivity index (χ3n) is 5.83. The fraction of sp³-hybridized carbons (Fsp3) is 0.0323. The summed E-state index contributed by atoms with van der Waals surface area (Å²) in [6.45, 7) is 0. The molecule has 0 aliphatic heterocycles. The minimum Gasteiger partial charge on any atom is -0.451 e. The molecule has 0 heterocycles. The largest absolute Gasteiger partial charge is 0.488 e. The molecule has 0 aliphatic carbocycles. The number of halogens is 2. The van der Waals surface area contributed by atoms with E-state index in [-0.39, 0.29) is 5.75 Å². The molecule has 0 aromatic heterocycles. The van der Waals surface area contributed by atoms with Crippen LogP contribution in [-0.2, 0) is 10.5 Å². The first-order valence-electron chi connectivity index (χ1n) is 11.9. The zero-order valence-corrected chi connectivity index (χ0v) is 22.0. The molecular weight excluding hydrogens is 539 g/mol. The SMILES string of the molecule is O=S(=O)(F)Oc1ccc(-c2ccc(OC(Oc3ccc(-c4ccc(Cl)cc4)cc3)c3ccccc3)cc2)cc1. The molecule has 8 heteroatoms. The number of ether oxygens (including phenoxy) is 2. The molecule has 1 unspecified atom stereocenters. The van der Waals surface area contributed by atoms with Gasteiger partial charge in [-0.15, -0.1) is 0 Å². The topological polar surface area (TPSA) is 61.8 Å². The molecule has 5 aromatic carbocycles. The molecule has 5 aromatic rings. The maximum absolute atomic E-state index is 12.7. The third kappa shape index (κ3) is 7.16. The predicted molar refractivity (Wildman–Crippen MR) is 150 cm³/mol. The van der Waals surface area contributed by atoms with Crippen molar-refractivity contribution in [2.75, 3.05) is 0 Å². The van der Waals surface area contributed by atoms with Crippen LogP contribution in [0.1, 0.15) is 11.9 Å². The summed E-state index contributed by atoms with van der Waals surface area (Å²) in [7, 11) is -5.07. The Morgan fingerprint density at radius 3 is 1.33 bits per heavy atom. The van der Waals surface area contributed by atoms with E-state index in [1.54, 1.807) is 12.1 Å². The van der Waals surface area contributed by atoms with Gasteiger partial charge in [0.15, 0.2) is 0 Å². The van der Waals surface area contributed by atoms with Crippen LogP contribution in [0.2, 0.25) is 5.02 Å². The molecule has 0 aliphatic rings. The number of rotatable bonds is 9. The van der Waals surface area contributed by atoms with Crippen molar-refractivity contribution >= 4 is 22.1 Å². The molecule has 0 saturated heterocycles. The van der Waals surface area contributed by atoms with E-state index in [4.69, 9.17) is 21.1 Å². The minimum absolute atomic E-state index is 0.106. The van der Waals surface area contributed by atoms with E-state index in [0.717, 1.165) is 27.8 Å². The normalized spacial score (nSPS) is 11.9. The summed E-state index contributed by atoms with van der Waals surface area (Å²) in [5.41, 5.74) is 4.59. The van der Waals surface area contributed by atoms with Gasteiger partial charge in [-0.2, -0.15) is 8.42 Å². The van der Waals surface area contributed by atoms with Crippen LogP contribution in [-0.4, -0.2) is 8.42 Å². The lowest BCUT2D eigenvalue weighted by Gasteiger charge is -2.21. The highest BCUT2D eigenvalue weighted by Crippen LogP contribution is 2.30. The molecule has 0 radical (unpaired) electrons. The van der Waals surface area contributed by atoms with Gasteiger partial charge in [0.1, 0.15) is 17.2 Å². The van der Waals surface area contributed by atoms with Crippen molar-refractivity contribution in [3.05, 3.63) is 138 Å². The van der Waals surface area contributed by atoms with E-state index < -0.39 is 16.8 Å². The number of hydrogen-bond donors (Lipinski definition) is 0. The number of hydrogen-bond acceptors (Lipinski definition) is 5. The quantitative estimate of drug-likeness (QED) is 0.134. The Morgan fingerprint density at radius 1 is 0.538 bits per heavy atom. The molecule has 1 atom stereocenters. The van der Waals surface area contributed by atoms with Crippen LogP contribution in [0.25, 0.3) is 22.3 Å². The fourth-order valence-electron chi connectivity index (χ4n) is 3.93. The first-order chi connectivity index (χ1) is 18.8. The van der Waals surface area contributed by atoms with Crippen LogP contribution in [0.3, 0.4) is 0 Å². The van der Waals surface area contributed by atoms with Gasteiger partial charge in [0.05, 0.1) is 0 Å². The van der Waals surface area contributed by atoms with Gasteiger partial charge in [-0.3, -0.25) is 0 Å². The highest BCUT2D eigenvalue weighted by molar-refractivity contribution is 7.81. The maximum Gasteiger partial charge on any atom is 0.488 e. The average Bonchev–Trinajstić information content (AvgIpc) is 2.94. The van der Waals surface area contributed by atoms with E-state index in [1.165, 1.54) is 12.1 Å². The molecule has 0 N–H and O–H groups in total. The molecule has 196 valence electrons. The van der Waals surface area contributed by atoms with Gasteiger partial charge in [-0.25, -0.2) is 0 Å². The molecule has 0 spiro atoms. The Labute approximate surface area is 231 Å². The zero-order chi connectivity index (χ0) is 27.2. The van der Waals surface area contributed by atoms with Crippen LogP contribution < -0.4 is 13.7 Å². The molecule has 0 saturated carbocycles. The Kier molecular flexibility index (Phi) is 7.81. The van der Waals surface area contributed by atoms with Crippen LogP contribution in [0.15, 0.2) is 127 Å². The van der Waals surface area contributed by atoms with E-state index in [9.17, 15) is 12.3 Å². The molecule has 5 rings (SSSR count).